The lowest BCUT2D eigenvalue weighted by Crippen LogP contribution is -2.44. The second kappa shape index (κ2) is 5.19. The lowest BCUT2D eigenvalue weighted by Gasteiger charge is -2.23. The molecule has 0 spiro atoms. The number of carbonyl (C=O) groups is 1. The summed E-state index contributed by atoms with van der Waals surface area (Å²) in [6.45, 7) is 0. The van der Waals surface area contributed by atoms with Crippen molar-refractivity contribution in [3.8, 4) is 0 Å². The van der Waals surface area contributed by atoms with Gasteiger partial charge in [-0.2, -0.15) is 0 Å². The average Bonchev–Trinajstić information content (AvgIpc) is 2.18. The minimum Gasteiger partial charge on any atom is -0.320 e. The maximum Gasteiger partial charge on any atom is 0.250 e. The minimum atomic E-state index is -0.423. The first kappa shape index (κ1) is 10.5. The predicted octanol–water partition coefficient (Wildman–Crippen LogP) is 0.274. The summed E-state index contributed by atoms with van der Waals surface area (Å²) in [7, 11) is 0. The summed E-state index contributed by atoms with van der Waals surface area (Å²) in [5.41, 5.74) is 7.76. The second-order valence-electron chi connectivity index (χ2n) is 3.85. The Morgan fingerprint density at radius 3 is 2.54 bits per heavy atom. The fourth-order valence-electron chi connectivity index (χ4n) is 2.00. The molecule has 0 heterocycles. The van der Waals surface area contributed by atoms with Crippen LogP contribution in [-0.4, -0.2) is 11.9 Å². The maximum absolute atomic E-state index is 11.0. The van der Waals surface area contributed by atoms with Crippen molar-refractivity contribution >= 4 is 5.91 Å². The normalized spacial score (nSPS) is 21.1. The summed E-state index contributed by atoms with van der Waals surface area (Å²) in [6, 6.07) is -0.423. The molecule has 1 rings (SSSR count). The van der Waals surface area contributed by atoms with E-state index >= 15 is 0 Å². The number of nitrogens with two attached hydrogens (primary N) is 2. The second-order valence-corrected chi connectivity index (χ2v) is 3.85. The van der Waals surface area contributed by atoms with Crippen molar-refractivity contribution < 1.29 is 4.79 Å². The van der Waals surface area contributed by atoms with Gasteiger partial charge in [0.1, 0.15) is 0 Å². The molecule has 1 fully saturated rings. The van der Waals surface area contributed by atoms with Crippen molar-refractivity contribution in [3.63, 3.8) is 0 Å². The highest BCUT2D eigenvalue weighted by Crippen LogP contribution is 2.26. The number of nitrogens with one attached hydrogen (secondary N) is 1. The molecule has 0 bridgehead atoms. The van der Waals surface area contributed by atoms with Crippen molar-refractivity contribution in [2.45, 2.75) is 44.6 Å². The van der Waals surface area contributed by atoms with E-state index in [1.165, 1.54) is 32.1 Å². The van der Waals surface area contributed by atoms with Crippen LogP contribution in [0, 0.1) is 5.92 Å². The molecule has 0 aliphatic heterocycles. The van der Waals surface area contributed by atoms with Crippen molar-refractivity contribution in [2.24, 2.45) is 17.5 Å². The molecule has 0 aromatic rings. The SMILES string of the molecule is NNC(=O)C(N)CC1CCCCC1. The summed E-state index contributed by atoms with van der Waals surface area (Å²) < 4.78 is 0. The molecule has 4 nitrogen and oxygen atoms in total. The van der Waals surface area contributed by atoms with Gasteiger partial charge >= 0.3 is 0 Å². The van der Waals surface area contributed by atoms with Gasteiger partial charge in [0.15, 0.2) is 0 Å². The van der Waals surface area contributed by atoms with E-state index in [0.717, 1.165) is 6.42 Å². The Balaban J connectivity index is 2.25. The monoisotopic (exact) mass is 185 g/mol. The number of hydrogen-bond donors (Lipinski definition) is 3. The smallest absolute Gasteiger partial charge is 0.250 e. The molecular weight excluding hydrogens is 166 g/mol. The fourth-order valence-corrected chi connectivity index (χ4v) is 2.00. The van der Waals surface area contributed by atoms with E-state index in [2.05, 4.69) is 5.43 Å². The highest BCUT2D eigenvalue weighted by molar-refractivity contribution is 5.80. The largest absolute Gasteiger partial charge is 0.320 e. The van der Waals surface area contributed by atoms with E-state index in [1.54, 1.807) is 0 Å². The van der Waals surface area contributed by atoms with E-state index < -0.39 is 6.04 Å². The molecule has 1 unspecified atom stereocenters. The first-order chi connectivity index (χ1) is 6.24. The Morgan fingerprint density at radius 1 is 1.38 bits per heavy atom. The Bertz CT molecular complexity index is 166. The van der Waals surface area contributed by atoms with Crippen LogP contribution in [0.3, 0.4) is 0 Å². The van der Waals surface area contributed by atoms with E-state index in [-0.39, 0.29) is 5.91 Å². The molecule has 0 aromatic carbocycles. The summed E-state index contributed by atoms with van der Waals surface area (Å²) in [6.07, 6.45) is 7.10. The zero-order chi connectivity index (χ0) is 9.68. The van der Waals surface area contributed by atoms with Gasteiger partial charge in [-0.25, -0.2) is 5.84 Å². The van der Waals surface area contributed by atoms with Crippen LogP contribution in [0.4, 0.5) is 0 Å². The highest BCUT2D eigenvalue weighted by Gasteiger charge is 2.20. The van der Waals surface area contributed by atoms with Crippen molar-refractivity contribution in [1.29, 1.82) is 0 Å². The number of carbonyl (C=O) groups excluding carboxylic acids is 1. The quantitative estimate of drug-likeness (QED) is 0.335. The van der Waals surface area contributed by atoms with E-state index in [9.17, 15) is 4.79 Å². The van der Waals surface area contributed by atoms with Crippen molar-refractivity contribution in [2.75, 3.05) is 0 Å². The zero-order valence-corrected chi connectivity index (χ0v) is 7.96. The van der Waals surface area contributed by atoms with E-state index in [4.69, 9.17) is 11.6 Å². The van der Waals surface area contributed by atoms with Crippen LogP contribution in [0.25, 0.3) is 0 Å². The Morgan fingerprint density at radius 2 is 2.00 bits per heavy atom. The van der Waals surface area contributed by atoms with Gasteiger partial charge < -0.3 is 5.73 Å². The number of rotatable bonds is 3. The predicted molar refractivity (Wildman–Crippen MR) is 51.5 cm³/mol. The molecule has 0 radical (unpaired) electrons. The lowest BCUT2D eigenvalue weighted by atomic mass is 9.85. The number of amides is 1. The molecule has 4 heteroatoms. The molecule has 1 amide bonds. The lowest BCUT2D eigenvalue weighted by molar-refractivity contribution is -0.122. The topological polar surface area (TPSA) is 81.1 Å². The van der Waals surface area contributed by atoms with Gasteiger partial charge in [0, 0.05) is 0 Å². The van der Waals surface area contributed by atoms with Gasteiger partial charge in [-0.05, 0) is 12.3 Å². The third kappa shape index (κ3) is 3.32. The molecule has 1 atom stereocenters. The molecule has 0 aromatic heterocycles. The minimum absolute atomic E-state index is 0.245. The van der Waals surface area contributed by atoms with E-state index in [1.807, 2.05) is 0 Å². The van der Waals surface area contributed by atoms with Crippen LogP contribution in [0.1, 0.15) is 38.5 Å². The molecule has 1 aliphatic carbocycles. The third-order valence-corrected chi connectivity index (χ3v) is 2.79. The molecule has 13 heavy (non-hydrogen) atoms. The Kier molecular flexibility index (Phi) is 4.18. The molecule has 0 saturated heterocycles. The van der Waals surface area contributed by atoms with Gasteiger partial charge in [0.25, 0.3) is 5.91 Å². The first-order valence-electron chi connectivity index (χ1n) is 5.00. The van der Waals surface area contributed by atoms with Crippen LogP contribution in [0.5, 0.6) is 0 Å². The number of hydrogen-bond acceptors (Lipinski definition) is 3. The van der Waals surface area contributed by atoms with Crippen LogP contribution in [0.2, 0.25) is 0 Å². The summed E-state index contributed by atoms with van der Waals surface area (Å²) in [4.78, 5) is 11.0. The maximum atomic E-state index is 11.0. The highest BCUT2D eigenvalue weighted by atomic mass is 16.2. The van der Waals surface area contributed by atoms with Gasteiger partial charge in [0.05, 0.1) is 6.04 Å². The summed E-state index contributed by atoms with van der Waals surface area (Å²) in [5, 5.41) is 0. The van der Waals surface area contributed by atoms with E-state index in [0.29, 0.717) is 5.92 Å². The zero-order valence-electron chi connectivity index (χ0n) is 7.96. The van der Waals surface area contributed by atoms with Crippen LogP contribution < -0.4 is 17.0 Å². The van der Waals surface area contributed by atoms with Crippen molar-refractivity contribution in [1.82, 2.24) is 5.43 Å². The molecular formula is C9H19N3O. The van der Waals surface area contributed by atoms with Gasteiger partial charge in [-0.1, -0.05) is 32.1 Å². The standard InChI is InChI=1S/C9H19N3O/c10-8(9(13)12-11)6-7-4-2-1-3-5-7/h7-8H,1-6,10-11H2,(H,12,13). The van der Waals surface area contributed by atoms with Crippen LogP contribution >= 0.6 is 0 Å². The van der Waals surface area contributed by atoms with Gasteiger partial charge in [0.2, 0.25) is 0 Å². The number of hydrazine groups is 1. The molecule has 5 N–H and O–H groups in total. The van der Waals surface area contributed by atoms with Crippen LogP contribution in [-0.2, 0) is 4.79 Å². The first-order valence-corrected chi connectivity index (χ1v) is 5.00. The Labute approximate surface area is 79.0 Å². The van der Waals surface area contributed by atoms with Gasteiger partial charge in [-0.3, -0.25) is 10.2 Å². The fraction of sp³-hybridized carbons (Fsp3) is 0.889. The van der Waals surface area contributed by atoms with Gasteiger partial charge in [-0.15, -0.1) is 0 Å². The molecule has 1 saturated carbocycles. The third-order valence-electron chi connectivity index (χ3n) is 2.79. The summed E-state index contributed by atoms with van der Waals surface area (Å²) in [5.74, 6) is 5.38. The average molecular weight is 185 g/mol. The Hall–Kier alpha value is -0.610. The van der Waals surface area contributed by atoms with Crippen molar-refractivity contribution in [3.05, 3.63) is 0 Å². The van der Waals surface area contributed by atoms with Crippen LogP contribution in [0.15, 0.2) is 0 Å². The summed E-state index contributed by atoms with van der Waals surface area (Å²) >= 11 is 0. The molecule has 1 aliphatic rings. The molecule has 76 valence electrons.